The van der Waals surface area contributed by atoms with E-state index in [9.17, 15) is 18.0 Å². The van der Waals surface area contributed by atoms with E-state index in [-0.39, 0.29) is 5.56 Å². The Balaban J connectivity index is 3.32. The summed E-state index contributed by atoms with van der Waals surface area (Å²) in [5.41, 5.74) is 1.68. The normalized spacial score (nSPS) is 15.3. The van der Waals surface area contributed by atoms with Crippen LogP contribution in [0.15, 0.2) is 30.3 Å². The summed E-state index contributed by atoms with van der Waals surface area (Å²) in [4.78, 5) is 11.2. The first-order chi connectivity index (χ1) is 7.34. The summed E-state index contributed by atoms with van der Waals surface area (Å²) < 4.78 is 42.5. The molecule has 0 spiro atoms. The van der Waals surface area contributed by atoms with E-state index in [4.69, 9.17) is 5.73 Å². The zero-order valence-corrected chi connectivity index (χ0v) is 8.41. The lowest BCUT2D eigenvalue weighted by atomic mass is 9.90. The lowest BCUT2D eigenvalue weighted by molar-refractivity contribution is -0.206. The van der Waals surface area contributed by atoms with Crippen molar-refractivity contribution in [2.24, 2.45) is 5.73 Å². The number of methoxy groups -OCH3 is 1. The van der Waals surface area contributed by atoms with Crippen molar-refractivity contribution in [3.63, 3.8) is 0 Å². The molecule has 0 bridgehead atoms. The van der Waals surface area contributed by atoms with Gasteiger partial charge in [0.15, 0.2) is 0 Å². The van der Waals surface area contributed by atoms with Gasteiger partial charge in [-0.3, -0.25) is 0 Å². The first kappa shape index (κ1) is 12.5. The van der Waals surface area contributed by atoms with Crippen LogP contribution in [0.1, 0.15) is 5.56 Å². The lowest BCUT2D eigenvalue weighted by Crippen LogP contribution is -2.57. The molecule has 1 aromatic rings. The van der Waals surface area contributed by atoms with Gasteiger partial charge < -0.3 is 10.5 Å². The molecule has 0 aromatic heterocycles. The largest absolute Gasteiger partial charge is 0.467 e. The number of halogens is 3. The highest BCUT2D eigenvalue weighted by atomic mass is 19.4. The van der Waals surface area contributed by atoms with E-state index >= 15 is 0 Å². The van der Waals surface area contributed by atoms with Crippen molar-refractivity contribution >= 4 is 5.97 Å². The molecule has 0 aliphatic heterocycles. The minimum atomic E-state index is -4.92. The van der Waals surface area contributed by atoms with Crippen LogP contribution >= 0.6 is 0 Å². The minimum Gasteiger partial charge on any atom is -0.467 e. The van der Waals surface area contributed by atoms with Gasteiger partial charge >= 0.3 is 12.1 Å². The number of alkyl halides is 3. The average molecular weight is 233 g/mol. The fourth-order valence-electron chi connectivity index (χ4n) is 1.26. The Kier molecular flexibility index (Phi) is 3.23. The summed E-state index contributed by atoms with van der Waals surface area (Å²) in [5, 5.41) is 0. The monoisotopic (exact) mass is 233 g/mol. The third kappa shape index (κ3) is 1.88. The van der Waals surface area contributed by atoms with Crippen molar-refractivity contribution in [3.05, 3.63) is 35.9 Å². The highest BCUT2D eigenvalue weighted by molar-refractivity contribution is 5.83. The summed E-state index contributed by atoms with van der Waals surface area (Å²) in [6.45, 7) is 0. The summed E-state index contributed by atoms with van der Waals surface area (Å²) in [6, 6.07) is 6.52. The van der Waals surface area contributed by atoms with Gasteiger partial charge in [-0.25, -0.2) is 4.79 Å². The van der Waals surface area contributed by atoms with Crippen LogP contribution in [0.4, 0.5) is 13.2 Å². The maximum Gasteiger partial charge on any atom is 0.421 e. The van der Waals surface area contributed by atoms with E-state index in [1.165, 1.54) is 18.2 Å². The van der Waals surface area contributed by atoms with E-state index in [2.05, 4.69) is 4.74 Å². The molecule has 0 unspecified atom stereocenters. The minimum absolute atomic E-state index is 0.352. The molecule has 0 amide bonds. The molecular formula is C10H10F3NO2. The number of rotatable bonds is 2. The van der Waals surface area contributed by atoms with Gasteiger partial charge in [-0.2, -0.15) is 13.2 Å². The maximum absolute atomic E-state index is 12.8. The second-order valence-corrected chi connectivity index (χ2v) is 3.16. The van der Waals surface area contributed by atoms with Gasteiger partial charge in [-0.1, -0.05) is 30.3 Å². The molecule has 0 fully saturated rings. The molecule has 0 saturated heterocycles. The topological polar surface area (TPSA) is 52.3 Å². The second-order valence-electron chi connectivity index (χ2n) is 3.16. The van der Waals surface area contributed by atoms with Crippen LogP contribution in [0, 0.1) is 0 Å². The first-order valence-corrected chi connectivity index (χ1v) is 4.33. The predicted molar refractivity (Wildman–Crippen MR) is 50.4 cm³/mol. The van der Waals surface area contributed by atoms with Gasteiger partial charge in [0.25, 0.3) is 0 Å². The third-order valence-electron chi connectivity index (χ3n) is 2.18. The number of benzene rings is 1. The lowest BCUT2D eigenvalue weighted by Gasteiger charge is -2.29. The van der Waals surface area contributed by atoms with Crippen LogP contribution in [0.2, 0.25) is 0 Å². The van der Waals surface area contributed by atoms with Crippen molar-refractivity contribution in [1.29, 1.82) is 0 Å². The van der Waals surface area contributed by atoms with Crippen LogP contribution in [0.3, 0.4) is 0 Å². The van der Waals surface area contributed by atoms with Crippen molar-refractivity contribution < 1.29 is 22.7 Å². The number of hydrogen-bond acceptors (Lipinski definition) is 3. The van der Waals surface area contributed by atoms with E-state index in [1.807, 2.05) is 0 Å². The van der Waals surface area contributed by atoms with Gasteiger partial charge in [0, 0.05) is 0 Å². The standard InChI is InChI=1S/C10H10F3NO2/c1-16-8(15)9(14,10(11,12)13)7-5-3-2-4-6-7/h2-6H,14H2,1H3/t9-/m1/s1. The van der Waals surface area contributed by atoms with Crippen LogP contribution in [-0.2, 0) is 15.1 Å². The molecule has 1 rings (SSSR count). The number of hydrogen-bond donors (Lipinski definition) is 1. The second kappa shape index (κ2) is 4.13. The van der Waals surface area contributed by atoms with Crippen LogP contribution in [-0.4, -0.2) is 19.3 Å². The Morgan fingerprint density at radius 1 is 1.25 bits per heavy atom. The molecule has 0 aliphatic carbocycles. The smallest absolute Gasteiger partial charge is 0.421 e. The van der Waals surface area contributed by atoms with Gasteiger partial charge in [-0.05, 0) is 5.56 Å². The summed E-state index contributed by atoms with van der Waals surface area (Å²) in [6.07, 6.45) is -4.92. The zero-order chi connectivity index (χ0) is 12.4. The predicted octanol–water partition coefficient (Wildman–Crippen LogP) is 1.58. The Morgan fingerprint density at radius 2 is 1.75 bits per heavy atom. The quantitative estimate of drug-likeness (QED) is 0.789. The van der Waals surface area contributed by atoms with Crippen LogP contribution < -0.4 is 5.73 Å². The van der Waals surface area contributed by atoms with Crippen molar-refractivity contribution in [2.75, 3.05) is 7.11 Å². The Morgan fingerprint density at radius 3 is 2.12 bits per heavy atom. The molecule has 3 nitrogen and oxygen atoms in total. The molecule has 2 N–H and O–H groups in total. The Labute approximate surface area is 90.0 Å². The van der Waals surface area contributed by atoms with Gasteiger partial charge in [0.2, 0.25) is 5.54 Å². The summed E-state index contributed by atoms with van der Waals surface area (Å²) in [5.74, 6) is -1.54. The van der Waals surface area contributed by atoms with Gasteiger partial charge in [0.05, 0.1) is 7.11 Å². The Bertz CT molecular complexity index is 377. The SMILES string of the molecule is COC(=O)[C@](N)(c1ccccc1)C(F)(F)F. The highest BCUT2D eigenvalue weighted by Gasteiger charge is 2.60. The van der Waals surface area contributed by atoms with E-state index in [0.29, 0.717) is 0 Å². The molecule has 0 heterocycles. The molecule has 16 heavy (non-hydrogen) atoms. The zero-order valence-electron chi connectivity index (χ0n) is 8.41. The number of carbonyl (C=O) groups is 1. The number of ether oxygens (including phenoxy) is 1. The van der Waals surface area contributed by atoms with Crippen molar-refractivity contribution in [3.8, 4) is 0 Å². The number of carbonyl (C=O) groups excluding carboxylic acids is 1. The molecule has 0 saturated carbocycles. The highest BCUT2D eigenvalue weighted by Crippen LogP contribution is 2.37. The van der Waals surface area contributed by atoms with E-state index in [0.717, 1.165) is 19.2 Å². The summed E-state index contributed by atoms with van der Waals surface area (Å²) >= 11 is 0. The average Bonchev–Trinajstić information content (AvgIpc) is 2.26. The van der Waals surface area contributed by atoms with Gasteiger partial charge in [0.1, 0.15) is 0 Å². The number of nitrogens with two attached hydrogens (primary N) is 1. The van der Waals surface area contributed by atoms with Crippen LogP contribution in [0.5, 0.6) is 0 Å². The first-order valence-electron chi connectivity index (χ1n) is 4.33. The third-order valence-corrected chi connectivity index (χ3v) is 2.18. The van der Waals surface area contributed by atoms with Crippen LogP contribution in [0.25, 0.3) is 0 Å². The molecule has 6 heteroatoms. The fraction of sp³-hybridized carbons (Fsp3) is 0.300. The summed E-state index contributed by atoms with van der Waals surface area (Å²) in [7, 11) is 0.860. The molecule has 0 aliphatic rings. The molecule has 1 atom stereocenters. The maximum atomic E-state index is 12.8. The number of esters is 1. The van der Waals surface area contributed by atoms with E-state index in [1.54, 1.807) is 0 Å². The van der Waals surface area contributed by atoms with Crippen molar-refractivity contribution in [2.45, 2.75) is 11.7 Å². The fourth-order valence-corrected chi connectivity index (χ4v) is 1.26. The van der Waals surface area contributed by atoms with E-state index < -0.39 is 17.7 Å². The molecule has 88 valence electrons. The molecule has 0 radical (unpaired) electrons. The van der Waals surface area contributed by atoms with Gasteiger partial charge in [-0.15, -0.1) is 0 Å². The van der Waals surface area contributed by atoms with Crippen molar-refractivity contribution in [1.82, 2.24) is 0 Å². The Hall–Kier alpha value is -1.56. The molecular weight excluding hydrogens is 223 g/mol. The molecule has 1 aromatic carbocycles.